The van der Waals surface area contributed by atoms with Crippen LogP contribution in [0.25, 0.3) is 22.6 Å². The summed E-state index contributed by atoms with van der Waals surface area (Å²) in [5.74, 6) is 1.49. The van der Waals surface area contributed by atoms with Gasteiger partial charge in [0.25, 0.3) is 0 Å². The van der Waals surface area contributed by atoms with E-state index in [0.717, 1.165) is 65.0 Å². The zero-order valence-corrected chi connectivity index (χ0v) is 21.6. The zero-order chi connectivity index (χ0) is 26.3. The van der Waals surface area contributed by atoms with Crippen LogP contribution in [0, 0.1) is 0 Å². The van der Waals surface area contributed by atoms with Crippen LogP contribution in [0.1, 0.15) is 11.1 Å². The third-order valence-corrected chi connectivity index (χ3v) is 6.40. The molecule has 1 aliphatic heterocycles. The Balaban J connectivity index is 1.24. The maximum absolute atomic E-state index is 5.99. The van der Waals surface area contributed by atoms with Crippen molar-refractivity contribution in [2.24, 2.45) is 10.7 Å². The molecule has 0 saturated carbocycles. The maximum Gasteiger partial charge on any atom is 0.140 e. The fraction of sp³-hybridized carbons (Fsp3) is 0.286. The van der Waals surface area contributed by atoms with Crippen molar-refractivity contribution < 1.29 is 9.47 Å². The highest BCUT2D eigenvalue weighted by molar-refractivity contribution is 6.09. The number of nitrogens with zero attached hydrogens (tertiary/aromatic N) is 6. The number of aromatic nitrogens is 4. The minimum atomic E-state index is 0.0703. The molecule has 0 radical (unpaired) electrons. The molecule has 4 heterocycles. The van der Waals surface area contributed by atoms with Crippen LogP contribution >= 0.6 is 0 Å². The van der Waals surface area contributed by atoms with E-state index in [9.17, 15) is 0 Å². The number of nitrogens with one attached hydrogen (secondary N) is 1. The van der Waals surface area contributed by atoms with Crippen LogP contribution in [-0.2, 0) is 11.3 Å². The SMILES string of the molecule is CN=CC(=CN)c1ccc(CNc2cc(-c3cnc4cc(OC[C@H]5CN(C)CCO5)ccn34)ncn2)cc1. The van der Waals surface area contributed by atoms with Gasteiger partial charge in [0.1, 0.15) is 36.3 Å². The van der Waals surface area contributed by atoms with Gasteiger partial charge in [-0.1, -0.05) is 24.3 Å². The Morgan fingerprint density at radius 2 is 2.08 bits per heavy atom. The monoisotopic (exact) mass is 512 g/mol. The van der Waals surface area contributed by atoms with Crippen LogP contribution in [0.3, 0.4) is 0 Å². The van der Waals surface area contributed by atoms with Gasteiger partial charge < -0.3 is 25.4 Å². The van der Waals surface area contributed by atoms with Crippen molar-refractivity contribution in [1.82, 2.24) is 24.3 Å². The number of anilines is 1. The predicted molar refractivity (Wildman–Crippen MR) is 149 cm³/mol. The van der Waals surface area contributed by atoms with Gasteiger partial charge in [-0.05, 0) is 24.2 Å². The summed E-state index contributed by atoms with van der Waals surface area (Å²) in [7, 11) is 3.82. The molecule has 1 saturated heterocycles. The normalized spacial score (nSPS) is 16.8. The van der Waals surface area contributed by atoms with Gasteiger partial charge in [-0.15, -0.1) is 0 Å². The molecule has 3 N–H and O–H groups in total. The summed E-state index contributed by atoms with van der Waals surface area (Å²) in [4.78, 5) is 19.7. The third-order valence-electron chi connectivity index (χ3n) is 6.40. The number of aliphatic imine (C=N–C) groups is 1. The quantitative estimate of drug-likeness (QED) is 0.329. The molecule has 1 aliphatic rings. The summed E-state index contributed by atoms with van der Waals surface area (Å²) >= 11 is 0. The number of fused-ring (bicyclic) bond motifs is 1. The first-order valence-corrected chi connectivity index (χ1v) is 12.5. The van der Waals surface area contributed by atoms with E-state index in [1.54, 1.807) is 25.8 Å². The molecule has 0 spiro atoms. The lowest BCUT2D eigenvalue weighted by Gasteiger charge is -2.29. The van der Waals surface area contributed by atoms with Gasteiger partial charge in [-0.3, -0.25) is 9.39 Å². The second-order valence-corrected chi connectivity index (χ2v) is 9.15. The van der Waals surface area contributed by atoms with E-state index in [2.05, 4.69) is 49.3 Å². The lowest BCUT2D eigenvalue weighted by Crippen LogP contribution is -2.42. The summed E-state index contributed by atoms with van der Waals surface area (Å²) < 4.78 is 13.8. The van der Waals surface area contributed by atoms with Crippen LogP contribution in [0.4, 0.5) is 5.82 Å². The first-order chi connectivity index (χ1) is 18.6. The molecule has 10 nitrogen and oxygen atoms in total. The Bertz CT molecular complexity index is 1430. The van der Waals surface area contributed by atoms with E-state index >= 15 is 0 Å². The van der Waals surface area contributed by atoms with Gasteiger partial charge in [-0.2, -0.15) is 0 Å². The third kappa shape index (κ3) is 5.99. The van der Waals surface area contributed by atoms with Crippen molar-refractivity contribution in [3.63, 3.8) is 0 Å². The number of rotatable bonds is 9. The summed E-state index contributed by atoms with van der Waals surface area (Å²) in [6.07, 6.45) is 8.69. The number of nitrogens with two attached hydrogens (primary N) is 1. The molecule has 1 aromatic carbocycles. The molecule has 196 valence electrons. The van der Waals surface area contributed by atoms with Gasteiger partial charge in [0.2, 0.25) is 0 Å². The highest BCUT2D eigenvalue weighted by Crippen LogP contribution is 2.23. The molecule has 3 aromatic heterocycles. The van der Waals surface area contributed by atoms with Crippen molar-refractivity contribution in [2.45, 2.75) is 12.6 Å². The fourth-order valence-corrected chi connectivity index (χ4v) is 4.35. The molecular formula is C28H32N8O2. The lowest BCUT2D eigenvalue weighted by atomic mass is 10.1. The van der Waals surface area contributed by atoms with Crippen molar-refractivity contribution in [3.05, 3.63) is 78.5 Å². The van der Waals surface area contributed by atoms with Crippen molar-refractivity contribution in [3.8, 4) is 17.1 Å². The molecule has 4 aromatic rings. The topological polar surface area (TPSA) is 115 Å². The van der Waals surface area contributed by atoms with Crippen LogP contribution < -0.4 is 15.8 Å². The van der Waals surface area contributed by atoms with Crippen LogP contribution in [0.5, 0.6) is 5.75 Å². The number of pyridine rings is 1. The summed E-state index contributed by atoms with van der Waals surface area (Å²) in [6, 6.07) is 14.0. The smallest absolute Gasteiger partial charge is 0.140 e. The lowest BCUT2D eigenvalue weighted by molar-refractivity contribution is -0.0403. The number of allylic oxidation sites excluding steroid dienone is 1. The summed E-state index contributed by atoms with van der Waals surface area (Å²) in [5.41, 5.74) is 11.1. The molecule has 0 amide bonds. The molecule has 5 rings (SSSR count). The number of benzene rings is 1. The number of ether oxygens (including phenoxy) is 2. The summed E-state index contributed by atoms with van der Waals surface area (Å²) in [6.45, 7) is 3.68. The number of likely N-dealkylation sites (N-methyl/N-ethyl adjacent to an activating group) is 1. The number of imidazole rings is 1. The molecular weight excluding hydrogens is 480 g/mol. The number of morpholine rings is 1. The number of hydrogen-bond acceptors (Lipinski definition) is 9. The summed E-state index contributed by atoms with van der Waals surface area (Å²) in [5, 5.41) is 3.38. The molecule has 10 heteroatoms. The highest BCUT2D eigenvalue weighted by atomic mass is 16.5. The molecule has 0 bridgehead atoms. The van der Waals surface area contributed by atoms with Crippen LogP contribution in [-0.4, -0.2) is 77.0 Å². The molecule has 0 unspecified atom stereocenters. The average Bonchev–Trinajstić information content (AvgIpc) is 3.38. The molecule has 38 heavy (non-hydrogen) atoms. The Hall–Kier alpha value is -4.28. The van der Waals surface area contributed by atoms with E-state index in [0.29, 0.717) is 13.2 Å². The van der Waals surface area contributed by atoms with Crippen LogP contribution in [0.2, 0.25) is 0 Å². The van der Waals surface area contributed by atoms with Crippen molar-refractivity contribution in [1.29, 1.82) is 0 Å². The van der Waals surface area contributed by atoms with E-state index in [1.807, 2.05) is 47.1 Å². The molecule has 1 fully saturated rings. The Labute approximate surface area is 221 Å². The largest absolute Gasteiger partial charge is 0.491 e. The van der Waals surface area contributed by atoms with Gasteiger partial charge in [0.15, 0.2) is 0 Å². The Morgan fingerprint density at radius 3 is 2.87 bits per heavy atom. The first kappa shape index (κ1) is 25.4. The molecule has 0 aliphatic carbocycles. The van der Waals surface area contributed by atoms with Gasteiger partial charge in [-0.25, -0.2) is 15.0 Å². The van der Waals surface area contributed by atoms with E-state index in [1.165, 1.54) is 0 Å². The minimum Gasteiger partial charge on any atom is -0.491 e. The standard InChI is InChI=1S/C28H32N8O2/c1-30-15-22(13-29)21-5-3-20(4-6-21)14-31-27-12-25(33-19-34-27)26-16-32-28-11-23(7-8-36(26)28)38-18-24-17-35(2)9-10-37-24/h3-8,11-13,15-16,19,24H,9-10,14,17-18,29H2,1-2H3,(H,31,33,34)/t24-/m1/s1. The van der Waals surface area contributed by atoms with E-state index in [-0.39, 0.29) is 6.10 Å². The molecule has 1 atom stereocenters. The Kier molecular flexibility index (Phi) is 7.91. The van der Waals surface area contributed by atoms with E-state index in [4.69, 9.17) is 15.2 Å². The second kappa shape index (κ2) is 11.8. The number of hydrogen-bond donors (Lipinski definition) is 2. The Morgan fingerprint density at radius 1 is 1.21 bits per heavy atom. The zero-order valence-electron chi connectivity index (χ0n) is 21.6. The minimum absolute atomic E-state index is 0.0703. The van der Waals surface area contributed by atoms with Gasteiger partial charge >= 0.3 is 0 Å². The van der Waals surface area contributed by atoms with Gasteiger partial charge in [0.05, 0.1) is 24.2 Å². The van der Waals surface area contributed by atoms with E-state index < -0.39 is 0 Å². The maximum atomic E-state index is 5.99. The second-order valence-electron chi connectivity index (χ2n) is 9.15. The fourth-order valence-electron chi connectivity index (χ4n) is 4.35. The van der Waals surface area contributed by atoms with Crippen molar-refractivity contribution in [2.75, 3.05) is 45.7 Å². The van der Waals surface area contributed by atoms with Gasteiger partial charge in [0, 0.05) is 63.0 Å². The highest BCUT2D eigenvalue weighted by Gasteiger charge is 2.18. The van der Waals surface area contributed by atoms with Crippen LogP contribution in [0.15, 0.2) is 72.4 Å². The predicted octanol–water partition coefficient (Wildman–Crippen LogP) is 3.11. The average molecular weight is 513 g/mol. The van der Waals surface area contributed by atoms with Crippen molar-refractivity contribution >= 4 is 23.3 Å². The first-order valence-electron chi connectivity index (χ1n) is 12.5.